The van der Waals surface area contributed by atoms with Gasteiger partial charge in [0.25, 0.3) is 0 Å². The van der Waals surface area contributed by atoms with Crippen molar-refractivity contribution in [1.29, 1.82) is 0 Å². The highest BCUT2D eigenvalue weighted by Crippen LogP contribution is 2.26. The van der Waals surface area contributed by atoms with Crippen molar-refractivity contribution in [2.75, 3.05) is 0 Å². The summed E-state index contributed by atoms with van der Waals surface area (Å²) in [4.78, 5) is 0. The highest BCUT2D eigenvalue weighted by Gasteiger charge is 2.09. The third-order valence-electron chi connectivity index (χ3n) is 3.07. The van der Waals surface area contributed by atoms with Crippen LogP contribution in [0.25, 0.3) is 0 Å². The van der Waals surface area contributed by atoms with Crippen LogP contribution in [-0.4, -0.2) is 0 Å². The molecule has 1 atom stereocenters. The molecule has 19 heavy (non-hydrogen) atoms. The van der Waals surface area contributed by atoms with Crippen LogP contribution in [0.3, 0.4) is 0 Å². The van der Waals surface area contributed by atoms with Crippen LogP contribution in [0.5, 0.6) is 5.75 Å². The molecule has 0 aliphatic rings. The lowest BCUT2D eigenvalue weighted by Crippen LogP contribution is -2.10. The minimum absolute atomic E-state index is 0.0237. The van der Waals surface area contributed by atoms with Gasteiger partial charge in [-0.2, -0.15) is 0 Å². The van der Waals surface area contributed by atoms with Gasteiger partial charge in [0, 0.05) is 11.6 Å². The number of rotatable bonds is 5. The molecule has 100 valence electrons. The number of benzene rings is 2. The van der Waals surface area contributed by atoms with Crippen LogP contribution in [0.1, 0.15) is 30.5 Å². The van der Waals surface area contributed by atoms with E-state index in [0.717, 1.165) is 23.3 Å². The highest BCUT2D eigenvalue weighted by atomic mass is 19.1. The molecule has 2 aromatic rings. The molecule has 0 heterocycles. The van der Waals surface area contributed by atoms with Crippen molar-refractivity contribution in [2.45, 2.75) is 26.0 Å². The quantitative estimate of drug-likeness (QED) is 0.886. The van der Waals surface area contributed by atoms with Crippen LogP contribution in [0.2, 0.25) is 0 Å². The standard InChI is InChI=1S/C16H18FNO/c1-2-15(18)14-5-3-4-6-16(14)19-11-12-7-9-13(17)10-8-12/h3-10,15H,2,11,18H2,1H3/t15-/m0/s1. The van der Waals surface area contributed by atoms with Gasteiger partial charge in [-0.1, -0.05) is 37.3 Å². The fourth-order valence-electron chi connectivity index (χ4n) is 1.88. The zero-order valence-corrected chi connectivity index (χ0v) is 11.0. The molecule has 0 fully saturated rings. The van der Waals surface area contributed by atoms with E-state index in [0.29, 0.717) is 6.61 Å². The summed E-state index contributed by atoms with van der Waals surface area (Å²) < 4.78 is 18.6. The second kappa shape index (κ2) is 6.34. The van der Waals surface area contributed by atoms with Crippen LogP contribution >= 0.6 is 0 Å². The van der Waals surface area contributed by atoms with Gasteiger partial charge < -0.3 is 10.5 Å². The fourth-order valence-corrected chi connectivity index (χ4v) is 1.88. The number of para-hydroxylation sites is 1. The summed E-state index contributed by atoms with van der Waals surface area (Å²) >= 11 is 0. The van der Waals surface area contributed by atoms with Crippen molar-refractivity contribution >= 4 is 0 Å². The molecule has 0 aliphatic heterocycles. The number of hydrogen-bond donors (Lipinski definition) is 1. The summed E-state index contributed by atoms with van der Waals surface area (Å²) in [5.74, 6) is 0.554. The van der Waals surface area contributed by atoms with Crippen LogP contribution in [0.15, 0.2) is 48.5 Å². The highest BCUT2D eigenvalue weighted by molar-refractivity contribution is 5.36. The lowest BCUT2D eigenvalue weighted by molar-refractivity contribution is 0.300. The van der Waals surface area contributed by atoms with E-state index >= 15 is 0 Å². The Bertz CT molecular complexity index is 525. The van der Waals surface area contributed by atoms with Gasteiger partial charge in [0.2, 0.25) is 0 Å². The first-order valence-corrected chi connectivity index (χ1v) is 6.42. The minimum Gasteiger partial charge on any atom is -0.489 e. The first-order chi connectivity index (χ1) is 9.20. The van der Waals surface area contributed by atoms with Gasteiger partial charge in [-0.15, -0.1) is 0 Å². The van der Waals surface area contributed by atoms with Gasteiger partial charge >= 0.3 is 0 Å². The summed E-state index contributed by atoms with van der Waals surface area (Å²) in [6.45, 7) is 2.45. The van der Waals surface area contributed by atoms with Crippen LogP contribution in [-0.2, 0) is 6.61 Å². The van der Waals surface area contributed by atoms with Crippen molar-refractivity contribution in [1.82, 2.24) is 0 Å². The molecule has 0 radical (unpaired) electrons. The van der Waals surface area contributed by atoms with Gasteiger partial charge in [0.15, 0.2) is 0 Å². The normalized spacial score (nSPS) is 12.2. The van der Waals surface area contributed by atoms with E-state index in [9.17, 15) is 4.39 Å². The molecule has 0 saturated heterocycles. The molecule has 0 bridgehead atoms. The largest absolute Gasteiger partial charge is 0.489 e. The summed E-state index contributed by atoms with van der Waals surface area (Å²) in [7, 11) is 0. The Morgan fingerprint density at radius 3 is 2.47 bits per heavy atom. The average Bonchev–Trinajstić information content (AvgIpc) is 2.46. The van der Waals surface area contributed by atoms with Gasteiger partial charge in [-0.3, -0.25) is 0 Å². The maximum atomic E-state index is 12.8. The Labute approximate surface area is 113 Å². The summed E-state index contributed by atoms with van der Waals surface area (Å²) in [5.41, 5.74) is 7.99. The molecule has 2 nitrogen and oxygen atoms in total. The molecule has 0 aromatic heterocycles. The summed E-state index contributed by atoms with van der Waals surface area (Å²) in [6, 6.07) is 14.0. The zero-order valence-electron chi connectivity index (χ0n) is 11.0. The van der Waals surface area contributed by atoms with E-state index in [2.05, 4.69) is 0 Å². The molecular weight excluding hydrogens is 241 g/mol. The van der Waals surface area contributed by atoms with Gasteiger partial charge in [-0.25, -0.2) is 4.39 Å². The topological polar surface area (TPSA) is 35.2 Å². The summed E-state index contributed by atoms with van der Waals surface area (Å²) in [6.07, 6.45) is 0.858. The van der Waals surface area contributed by atoms with E-state index in [-0.39, 0.29) is 11.9 Å². The van der Waals surface area contributed by atoms with Crippen LogP contribution in [0, 0.1) is 5.82 Å². The predicted molar refractivity (Wildman–Crippen MR) is 74.4 cm³/mol. The monoisotopic (exact) mass is 259 g/mol. The second-order valence-corrected chi connectivity index (χ2v) is 4.47. The van der Waals surface area contributed by atoms with E-state index < -0.39 is 0 Å². The number of hydrogen-bond acceptors (Lipinski definition) is 2. The van der Waals surface area contributed by atoms with Crippen molar-refractivity contribution in [3.05, 3.63) is 65.5 Å². The van der Waals surface area contributed by atoms with Crippen molar-refractivity contribution in [3.8, 4) is 5.75 Å². The van der Waals surface area contributed by atoms with Gasteiger partial charge in [0.05, 0.1) is 0 Å². The first kappa shape index (κ1) is 13.6. The minimum atomic E-state index is -0.239. The molecule has 2 rings (SSSR count). The van der Waals surface area contributed by atoms with Crippen molar-refractivity contribution in [2.24, 2.45) is 5.73 Å². The molecule has 2 aromatic carbocycles. The number of ether oxygens (including phenoxy) is 1. The van der Waals surface area contributed by atoms with Crippen molar-refractivity contribution in [3.63, 3.8) is 0 Å². The Morgan fingerprint density at radius 1 is 1.11 bits per heavy atom. The van der Waals surface area contributed by atoms with E-state index in [1.807, 2.05) is 31.2 Å². The first-order valence-electron chi connectivity index (χ1n) is 6.42. The smallest absolute Gasteiger partial charge is 0.124 e. The molecule has 0 unspecified atom stereocenters. The Morgan fingerprint density at radius 2 is 1.79 bits per heavy atom. The second-order valence-electron chi connectivity index (χ2n) is 4.47. The lowest BCUT2D eigenvalue weighted by atomic mass is 10.0. The van der Waals surface area contributed by atoms with Crippen LogP contribution < -0.4 is 10.5 Å². The molecule has 0 saturated carbocycles. The molecule has 0 spiro atoms. The third-order valence-corrected chi connectivity index (χ3v) is 3.07. The molecule has 3 heteroatoms. The Hall–Kier alpha value is -1.87. The summed E-state index contributed by atoms with van der Waals surface area (Å²) in [5, 5.41) is 0. The van der Waals surface area contributed by atoms with E-state index in [4.69, 9.17) is 10.5 Å². The maximum absolute atomic E-state index is 12.8. The number of nitrogens with two attached hydrogens (primary N) is 1. The van der Waals surface area contributed by atoms with E-state index in [1.165, 1.54) is 12.1 Å². The number of halogens is 1. The van der Waals surface area contributed by atoms with E-state index in [1.54, 1.807) is 12.1 Å². The van der Waals surface area contributed by atoms with Crippen molar-refractivity contribution < 1.29 is 9.13 Å². The Kier molecular flexibility index (Phi) is 4.53. The van der Waals surface area contributed by atoms with Crippen LogP contribution in [0.4, 0.5) is 4.39 Å². The Balaban J connectivity index is 2.09. The fraction of sp³-hybridized carbons (Fsp3) is 0.250. The SMILES string of the molecule is CC[C@H](N)c1ccccc1OCc1ccc(F)cc1. The zero-order chi connectivity index (χ0) is 13.7. The molecule has 0 amide bonds. The molecular formula is C16H18FNO. The molecule has 0 aliphatic carbocycles. The van der Waals surface area contributed by atoms with Gasteiger partial charge in [-0.05, 0) is 30.2 Å². The molecule has 2 N–H and O–H groups in total. The predicted octanol–water partition coefficient (Wildman–Crippen LogP) is 3.81. The van der Waals surface area contributed by atoms with Gasteiger partial charge in [0.1, 0.15) is 18.2 Å². The third kappa shape index (κ3) is 3.55. The lowest BCUT2D eigenvalue weighted by Gasteiger charge is -2.15. The average molecular weight is 259 g/mol. The maximum Gasteiger partial charge on any atom is 0.124 e.